The lowest BCUT2D eigenvalue weighted by atomic mass is 10.1. The fourth-order valence-electron chi connectivity index (χ4n) is 4.11. The monoisotopic (exact) mass is 403 g/mol. The molecule has 0 bridgehead atoms. The Hall–Kier alpha value is -3.08. The van der Waals surface area contributed by atoms with Crippen LogP contribution >= 0.6 is 0 Å². The molecule has 0 aliphatic carbocycles. The summed E-state index contributed by atoms with van der Waals surface area (Å²) in [7, 11) is 0. The Bertz CT molecular complexity index is 1000. The molecule has 2 amide bonds. The number of piperidine rings is 1. The van der Waals surface area contributed by atoms with Gasteiger partial charge in [0.15, 0.2) is 0 Å². The van der Waals surface area contributed by atoms with Crippen molar-refractivity contribution in [3.8, 4) is 0 Å². The predicted octanol–water partition coefficient (Wildman–Crippen LogP) is 4.43. The van der Waals surface area contributed by atoms with Gasteiger partial charge in [0.2, 0.25) is 5.91 Å². The molecule has 1 aliphatic heterocycles. The number of nitrogens with one attached hydrogen (secondary N) is 2. The number of amides is 2. The summed E-state index contributed by atoms with van der Waals surface area (Å²) in [5.41, 5.74) is 4.13. The number of likely N-dealkylation sites (tertiary alicyclic amines) is 1. The van der Waals surface area contributed by atoms with Gasteiger partial charge >= 0.3 is 0 Å². The number of H-pyrrole nitrogens is 1. The molecule has 2 heterocycles. The van der Waals surface area contributed by atoms with Crippen LogP contribution in [-0.4, -0.2) is 34.8 Å². The highest BCUT2D eigenvalue weighted by atomic mass is 16.2. The molecule has 1 fully saturated rings. The molecule has 1 aromatic heterocycles. The predicted molar refractivity (Wildman–Crippen MR) is 119 cm³/mol. The molecule has 30 heavy (non-hydrogen) atoms. The van der Waals surface area contributed by atoms with Crippen molar-refractivity contribution in [2.45, 2.75) is 45.1 Å². The topological polar surface area (TPSA) is 65.2 Å². The SMILES string of the molecule is O=C(CCCc1c[nH]c2ccccc12)NCc1ccc(C(=O)N2CCCCC2)cc1. The standard InChI is InChI=1S/C25H29N3O2/c29-24(10-6-7-21-18-26-23-9-3-2-8-22(21)23)27-17-19-11-13-20(14-12-19)25(30)28-15-4-1-5-16-28/h2-3,8-9,11-14,18,26H,1,4-7,10,15-17H2,(H,27,29). The van der Waals surface area contributed by atoms with Crippen molar-refractivity contribution in [1.29, 1.82) is 0 Å². The highest BCUT2D eigenvalue weighted by molar-refractivity contribution is 5.94. The minimum atomic E-state index is 0.0586. The van der Waals surface area contributed by atoms with Crippen LogP contribution in [0.15, 0.2) is 54.7 Å². The quantitative estimate of drug-likeness (QED) is 0.613. The summed E-state index contributed by atoms with van der Waals surface area (Å²) in [5.74, 6) is 0.172. The van der Waals surface area contributed by atoms with E-state index in [2.05, 4.69) is 22.4 Å². The van der Waals surface area contributed by atoms with Crippen molar-refractivity contribution in [3.63, 3.8) is 0 Å². The van der Waals surface area contributed by atoms with Gasteiger partial charge in [0.1, 0.15) is 0 Å². The first-order valence-corrected chi connectivity index (χ1v) is 10.9. The molecule has 5 heteroatoms. The summed E-state index contributed by atoms with van der Waals surface area (Å²) in [5, 5.41) is 4.22. The Balaban J connectivity index is 1.21. The Morgan fingerprint density at radius 1 is 0.967 bits per heavy atom. The number of para-hydroxylation sites is 1. The van der Waals surface area contributed by atoms with Gasteiger partial charge in [0.05, 0.1) is 0 Å². The van der Waals surface area contributed by atoms with E-state index < -0.39 is 0 Å². The van der Waals surface area contributed by atoms with E-state index in [0.717, 1.165) is 55.4 Å². The number of aryl methyl sites for hydroxylation is 1. The zero-order valence-electron chi connectivity index (χ0n) is 17.3. The molecule has 0 saturated carbocycles. The highest BCUT2D eigenvalue weighted by Crippen LogP contribution is 2.19. The first kappa shape index (κ1) is 20.2. The Kier molecular flexibility index (Phi) is 6.47. The van der Waals surface area contributed by atoms with Crippen LogP contribution in [0.25, 0.3) is 10.9 Å². The number of aromatic amines is 1. The van der Waals surface area contributed by atoms with Gasteiger partial charge in [-0.15, -0.1) is 0 Å². The lowest BCUT2D eigenvalue weighted by molar-refractivity contribution is -0.121. The molecule has 4 rings (SSSR count). The first-order valence-electron chi connectivity index (χ1n) is 10.9. The average Bonchev–Trinajstić information content (AvgIpc) is 3.21. The van der Waals surface area contributed by atoms with Crippen LogP contribution < -0.4 is 5.32 Å². The van der Waals surface area contributed by atoms with Crippen molar-refractivity contribution < 1.29 is 9.59 Å². The lowest BCUT2D eigenvalue weighted by Crippen LogP contribution is -2.35. The van der Waals surface area contributed by atoms with Crippen molar-refractivity contribution in [2.24, 2.45) is 0 Å². The van der Waals surface area contributed by atoms with E-state index >= 15 is 0 Å². The van der Waals surface area contributed by atoms with E-state index in [9.17, 15) is 9.59 Å². The maximum atomic E-state index is 12.5. The van der Waals surface area contributed by atoms with Gasteiger partial charge in [-0.25, -0.2) is 0 Å². The number of hydrogen-bond acceptors (Lipinski definition) is 2. The molecule has 3 aromatic rings. The highest BCUT2D eigenvalue weighted by Gasteiger charge is 2.17. The summed E-state index contributed by atoms with van der Waals surface area (Å²) in [6.45, 7) is 2.20. The fraction of sp³-hybridized carbons (Fsp3) is 0.360. The van der Waals surface area contributed by atoms with Crippen LogP contribution in [0.1, 0.15) is 53.6 Å². The largest absolute Gasteiger partial charge is 0.361 e. The van der Waals surface area contributed by atoms with Crippen LogP contribution in [-0.2, 0) is 17.8 Å². The minimum Gasteiger partial charge on any atom is -0.361 e. The summed E-state index contributed by atoms with van der Waals surface area (Å²) >= 11 is 0. The third-order valence-corrected chi connectivity index (χ3v) is 5.86. The van der Waals surface area contributed by atoms with E-state index in [0.29, 0.717) is 13.0 Å². The van der Waals surface area contributed by atoms with E-state index in [1.807, 2.05) is 47.5 Å². The normalized spacial score (nSPS) is 14.1. The second kappa shape index (κ2) is 9.61. The van der Waals surface area contributed by atoms with E-state index in [-0.39, 0.29) is 11.8 Å². The molecule has 0 atom stereocenters. The van der Waals surface area contributed by atoms with Crippen molar-refractivity contribution in [2.75, 3.05) is 13.1 Å². The number of carbonyl (C=O) groups is 2. The molecule has 5 nitrogen and oxygen atoms in total. The van der Waals surface area contributed by atoms with Gasteiger partial charge in [0.25, 0.3) is 5.91 Å². The molecule has 0 radical (unpaired) electrons. The summed E-state index contributed by atoms with van der Waals surface area (Å²) in [4.78, 5) is 30.0. The molecule has 1 aliphatic rings. The fourth-order valence-corrected chi connectivity index (χ4v) is 4.11. The van der Waals surface area contributed by atoms with E-state index in [1.165, 1.54) is 17.4 Å². The Morgan fingerprint density at radius 2 is 1.73 bits per heavy atom. The Morgan fingerprint density at radius 3 is 2.53 bits per heavy atom. The van der Waals surface area contributed by atoms with Crippen LogP contribution in [0.4, 0.5) is 0 Å². The van der Waals surface area contributed by atoms with Crippen LogP contribution in [0.2, 0.25) is 0 Å². The number of rotatable bonds is 7. The molecule has 2 aromatic carbocycles. The van der Waals surface area contributed by atoms with E-state index in [4.69, 9.17) is 0 Å². The molecule has 1 saturated heterocycles. The first-order chi connectivity index (χ1) is 14.7. The third kappa shape index (κ3) is 4.90. The van der Waals surface area contributed by atoms with Crippen LogP contribution in [0, 0.1) is 0 Å². The number of nitrogens with zero attached hydrogens (tertiary/aromatic N) is 1. The number of hydrogen-bond donors (Lipinski definition) is 2. The smallest absolute Gasteiger partial charge is 0.253 e. The van der Waals surface area contributed by atoms with Gasteiger partial charge < -0.3 is 15.2 Å². The summed E-state index contributed by atoms with van der Waals surface area (Å²) in [6.07, 6.45) is 7.64. The average molecular weight is 404 g/mol. The molecule has 0 unspecified atom stereocenters. The molecule has 0 spiro atoms. The maximum Gasteiger partial charge on any atom is 0.253 e. The van der Waals surface area contributed by atoms with Crippen molar-refractivity contribution in [3.05, 3.63) is 71.4 Å². The van der Waals surface area contributed by atoms with Gasteiger partial charge in [0, 0.05) is 48.7 Å². The molecular weight excluding hydrogens is 374 g/mol. The van der Waals surface area contributed by atoms with Crippen molar-refractivity contribution >= 4 is 22.7 Å². The van der Waals surface area contributed by atoms with E-state index in [1.54, 1.807) is 0 Å². The zero-order valence-corrected chi connectivity index (χ0v) is 17.3. The van der Waals surface area contributed by atoms with Crippen LogP contribution in [0.5, 0.6) is 0 Å². The summed E-state index contributed by atoms with van der Waals surface area (Å²) < 4.78 is 0. The number of fused-ring (bicyclic) bond motifs is 1. The number of benzene rings is 2. The molecular formula is C25H29N3O2. The third-order valence-electron chi connectivity index (χ3n) is 5.86. The van der Waals surface area contributed by atoms with Crippen molar-refractivity contribution in [1.82, 2.24) is 15.2 Å². The minimum absolute atomic E-state index is 0.0586. The molecule has 156 valence electrons. The van der Waals surface area contributed by atoms with Crippen LogP contribution in [0.3, 0.4) is 0 Å². The lowest BCUT2D eigenvalue weighted by Gasteiger charge is -2.26. The van der Waals surface area contributed by atoms with Gasteiger partial charge in [-0.05, 0) is 61.4 Å². The number of aromatic nitrogens is 1. The van der Waals surface area contributed by atoms with Gasteiger partial charge in [-0.2, -0.15) is 0 Å². The maximum absolute atomic E-state index is 12.5. The number of carbonyl (C=O) groups excluding carboxylic acids is 2. The Labute approximate surface area is 177 Å². The summed E-state index contributed by atoms with van der Waals surface area (Å²) in [6, 6.07) is 15.8. The van der Waals surface area contributed by atoms with Gasteiger partial charge in [-0.1, -0.05) is 30.3 Å². The second-order valence-corrected chi connectivity index (χ2v) is 8.04. The van der Waals surface area contributed by atoms with Gasteiger partial charge in [-0.3, -0.25) is 9.59 Å². The zero-order chi connectivity index (χ0) is 20.8. The second-order valence-electron chi connectivity index (χ2n) is 8.04. The molecule has 2 N–H and O–H groups in total.